The number of hydrogen-bond donors (Lipinski definition) is 1. The van der Waals surface area contributed by atoms with Crippen molar-refractivity contribution in [2.45, 2.75) is 0 Å². The van der Waals surface area contributed by atoms with E-state index in [-0.39, 0.29) is 0 Å². The van der Waals surface area contributed by atoms with E-state index in [1.807, 2.05) is 36.4 Å². The zero-order valence-corrected chi connectivity index (χ0v) is 9.39. The Morgan fingerprint density at radius 3 is 2.20 bits per heavy atom. The molecule has 0 aliphatic heterocycles. The van der Waals surface area contributed by atoms with Crippen LogP contribution in [-0.4, -0.2) is 0 Å². The van der Waals surface area contributed by atoms with Gasteiger partial charge in [0, 0.05) is 16.8 Å². The molecule has 0 spiro atoms. The highest BCUT2D eigenvalue weighted by atomic mass is 35.5. The standard InChI is InChI=1S/C12H9Cl2N/c13-10-6-3-5-9(12(10)14)8-4-1-2-7-11(8)15/h1-7H,15H2. The van der Waals surface area contributed by atoms with Crippen LogP contribution in [0.5, 0.6) is 0 Å². The molecule has 0 aromatic heterocycles. The van der Waals surface area contributed by atoms with Crippen molar-refractivity contribution in [2.24, 2.45) is 0 Å². The van der Waals surface area contributed by atoms with Gasteiger partial charge >= 0.3 is 0 Å². The predicted octanol–water partition coefficient (Wildman–Crippen LogP) is 4.24. The minimum Gasteiger partial charge on any atom is -0.398 e. The van der Waals surface area contributed by atoms with E-state index >= 15 is 0 Å². The van der Waals surface area contributed by atoms with Crippen molar-refractivity contribution in [1.29, 1.82) is 0 Å². The van der Waals surface area contributed by atoms with Gasteiger partial charge in [-0.2, -0.15) is 0 Å². The molecule has 0 saturated heterocycles. The number of para-hydroxylation sites is 1. The van der Waals surface area contributed by atoms with E-state index in [1.165, 1.54) is 0 Å². The summed E-state index contributed by atoms with van der Waals surface area (Å²) in [5, 5.41) is 1.08. The van der Waals surface area contributed by atoms with Crippen LogP contribution in [0.25, 0.3) is 11.1 Å². The van der Waals surface area contributed by atoms with Crippen molar-refractivity contribution >= 4 is 28.9 Å². The highest BCUT2D eigenvalue weighted by Gasteiger charge is 2.08. The number of rotatable bonds is 1. The zero-order valence-electron chi connectivity index (χ0n) is 7.87. The van der Waals surface area contributed by atoms with Gasteiger partial charge in [-0.3, -0.25) is 0 Å². The number of nitrogens with two attached hydrogens (primary N) is 1. The van der Waals surface area contributed by atoms with Gasteiger partial charge in [0.2, 0.25) is 0 Å². The first kappa shape index (κ1) is 10.3. The van der Waals surface area contributed by atoms with Gasteiger partial charge in [-0.25, -0.2) is 0 Å². The molecule has 0 amide bonds. The lowest BCUT2D eigenvalue weighted by molar-refractivity contribution is 1.61. The highest BCUT2D eigenvalue weighted by Crippen LogP contribution is 2.35. The molecule has 0 aliphatic carbocycles. The second-order valence-electron chi connectivity index (χ2n) is 3.19. The fraction of sp³-hybridized carbons (Fsp3) is 0. The fourth-order valence-electron chi connectivity index (χ4n) is 1.45. The lowest BCUT2D eigenvalue weighted by atomic mass is 10.0. The van der Waals surface area contributed by atoms with Gasteiger partial charge in [0.05, 0.1) is 10.0 Å². The second-order valence-corrected chi connectivity index (χ2v) is 3.97. The normalized spacial score (nSPS) is 10.3. The molecule has 0 saturated carbocycles. The molecule has 2 rings (SSSR count). The summed E-state index contributed by atoms with van der Waals surface area (Å²) in [7, 11) is 0. The lowest BCUT2D eigenvalue weighted by Gasteiger charge is -2.08. The van der Waals surface area contributed by atoms with E-state index in [0.29, 0.717) is 15.7 Å². The Labute approximate surface area is 98.4 Å². The van der Waals surface area contributed by atoms with Crippen molar-refractivity contribution in [3.8, 4) is 11.1 Å². The molecule has 0 atom stereocenters. The number of benzene rings is 2. The summed E-state index contributed by atoms with van der Waals surface area (Å²) in [5.74, 6) is 0. The van der Waals surface area contributed by atoms with Gasteiger partial charge in [0.15, 0.2) is 0 Å². The van der Waals surface area contributed by atoms with E-state index in [9.17, 15) is 0 Å². The number of hydrogen-bond acceptors (Lipinski definition) is 1. The van der Waals surface area contributed by atoms with Gasteiger partial charge < -0.3 is 5.73 Å². The minimum absolute atomic E-state index is 0.539. The van der Waals surface area contributed by atoms with E-state index in [0.717, 1.165) is 11.1 Å². The molecule has 0 heterocycles. The van der Waals surface area contributed by atoms with E-state index in [2.05, 4.69) is 0 Å². The van der Waals surface area contributed by atoms with Crippen LogP contribution in [0.1, 0.15) is 0 Å². The van der Waals surface area contributed by atoms with Crippen LogP contribution in [-0.2, 0) is 0 Å². The Morgan fingerprint density at radius 2 is 1.47 bits per heavy atom. The number of halogens is 2. The molecule has 3 heteroatoms. The number of nitrogen functional groups attached to an aromatic ring is 1. The first-order valence-corrected chi connectivity index (χ1v) is 5.24. The first-order chi connectivity index (χ1) is 7.20. The monoisotopic (exact) mass is 237 g/mol. The van der Waals surface area contributed by atoms with Crippen LogP contribution in [0.15, 0.2) is 42.5 Å². The SMILES string of the molecule is Nc1ccccc1-c1cccc(Cl)c1Cl. The molecule has 2 N–H and O–H groups in total. The second kappa shape index (κ2) is 4.13. The summed E-state index contributed by atoms with van der Waals surface area (Å²) in [6.07, 6.45) is 0. The molecular formula is C12H9Cl2N. The quantitative estimate of drug-likeness (QED) is 0.738. The van der Waals surface area contributed by atoms with Crippen LogP contribution in [0.2, 0.25) is 10.0 Å². The Bertz CT molecular complexity index is 495. The summed E-state index contributed by atoms with van der Waals surface area (Å²) >= 11 is 12.1. The van der Waals surface area contributed by atoms with Crippen LogP contribution < -0.4 is 5.73 Å². The Balaban J connectivity index is 2.65. The summed E-state index contributed by atoms with van der Waals surface area (Å²) in [4.78, 5) is 0. The van der Waals surface area contributed by atoms with Gasteiger partial charge in [-0.1, -0.05) is 53.5 Å². The van der Waals surface area contributed by atoms with Gasteiger partial charge in [0.1, 0.15) is 0 Å². The summed E-state index contributed by atoms with van der Waals surface area (Å²) in [6.45, 7) is 0. The summed E-state index contributed by atoms with van der Waals surface area (Å²) < 4.78 is 0. The first-order valence-electron chi connectivity index (χ1n) is 4.49. The third-order valence-corrected chi connectivity index (χ3v) is 3.02. The Morgan fingerprint density at radius 1 is 0.800 bits per heavy atom. The van der Waals surface area contributed by atoms with Crippen LogP contribution in [0.4, 0.5) is 5.69 Å². The zero-order chi connectivity index (χ0) is 10.8. The third-order valence-electron chi connectivity index (χ3n) is 2.20. The average Bonchev–Trinajstić information content (AvgIpc) is 2.23. The molecule has 0 unspecified atom stereocenters. The maximum Gasteiger partial charge on any atom is 0.0671 e. The van der Waals surface area contributed by atoms with Crippen molar-refractivity contribution in [2.75, 3.05) is 5.73 Å². The summed E-state index contributed by atoms with van der Waals surface area (Å²) in [5.41, 5.74) is 8.34. The average molecular weight is 238 g/mol. The smallest absolute Gasteiger partial charge is 0.0671 e. The van der Waals surface area contributed by atoms with Crippen LogP contribution in [0.3, 0.4) is 0 Å². The van der Waals surface area contributed by atoms with Gasteiger partial charge in [-0.15, -0.1) is 0 Å². The molecule has 2 aromatic carbocycles. The van der Waals surface area contributed by atoms with Gasteiger partial charge in [-0.05, 0) is 12.1 Å². The molecule has 0 radical (unpaired) electrons. The molecule has 0 fully saturated rings. The fourth-order valence-corrected chi connectivity index (χ4v) is 1.86. The van der Waals surface area contributed by atoms with Crippen molar-refractivity contribution in [1.82, 2.24) is 0 Å². The number of anilines is 1. The molecule has 1 nitrogen and oxygen atoms in total. The van der Waals surface area contributed by atoms with Crippen molar-refractivity contribution < 1.29 is 0 Å². The van der Waals surface area contributed by atoms with E-state index < -0.39 is 0 Å². The maximum absolute atomic E-state index is 6.11. The van der Waals surface area contributed by atoms with Crippen molar-refractivity contribution in [3.05, 3.63) is 52.5 Å². The molecular weight excluding hydrogens is 229 g/mol. The molecule has 0 aliphatic rings. The van der Waals surface area contributed by atoms with Crippen molar-refractivity contribution in [3.63, 3.8) is 0 Å². The topological polar surface area (TPSA) is 26.0 Å². The Hall–Kier alpha value is -1.18. The maximum atomic E-state index is 6.11. The highest BCUT2D eigenvalue weighted by molar-refractivity contribution is 6.43. The molecule has 76 valence electrons. The predicted molar refractivity (Wildman–Crippen MR) is 66.3 cm³/mol. The molecule has 2 aromatic rings. The summed E-state index contributed by atoms with van der Waals surface area (Å²) in [6, 6.07) is 13.1. The Kier molecular flexibility index (Phi) is 2.85. The largest absolute Gasteiger partial charge is 0.398 e. The minimum atomic E-state index is 0.539. The lowest BCUT2D eigenvalue weighted by Crippen LogP contribution is -1.89. The van der Waals surface area contributed by atoms with Gasteiger partial charge in [0.25, 0.3) is 0 Å². The van der Waals surface area contributed by atoms with Crippen LogP contribution in [0, 0.1) is 0 Å². The van der Waals surface area contributed by atoms with E-state index in [4.69, 9.17) is 28.9 Å². The molecule has 0 bridgehead atoms. The third kappa shape index (κ3) is 1.94. The molecule has 15 heavy (non-hydrogen) atoms. The van der Waals surface area contributed by atoms with E-state index in [1.54, 1.807) is 6.07 Å². The van der Waals surface area contributed by atoms with Crippen LogP contribution >= 0.6 is 23.2 Å².